The van der Waals surface area contributed by atoms with Gasteiger partial charge in [0, 0.05) is 19.2 Å². The Morgan fingerprint density at radius 1 is 1.37 bits per heavy atom. The van der Waals surface area contributed by atoms with Crippen molar-refractivity contribution in [1.29, 1.82) is 5.26 Å². The summed E-state index contributed by atoms with van der Waals surface area (Å²) in [5, 5.41) is 20.3. The molecule has 0 fully saturated rings. The number of nitriles is 1. The van der Waals surface area contributed by atoms with Crippen LogP contribution in [0.2, 0.25) is 0 Å². The smallest absolute Gasteiger partial charge is 0.160 e. The maximum atomic E-state index is 8.63. The molecule has 0 aromatic carbocycles. The molecule has 0 amide bonds. The number of hydrogen-bond acceptors (Lipinski definition) is 4. The van der Waals surface area contributed by atoms with Crippen molar-refractivity contribution in [3.05, 3.63) is 30.2 Å². The van der Waals surface area contributed by atoms with Gasteiger partial charge in [0.2, 0.25) is 0 Å². The van der Waals surface area contributed by atoms with Gasteiger partial charge in [-0.25, -0.2) is 0 Å². The average Bonchev–Trinajstić information content (AvgIpc) is 2.80. The van der Waals surface area contributed by atoms with Gasteiger partial charge in [-0.05, 0) is 24.0 Å². The van der Waals surface area contributed by atoms with Crippen LogP contribution < -0.4 is 5.32 Å². The molecule has 2 aromatic rings. The summed E-state index contributed by atoms with van der Waals surface area (Å²) in [6, 6.07) is 8.06. The minimum absolute atomic E-state index is 0.121. The first-order valence-corrected chi connectivity index (χ1v) is 6.49. The number of rotatable bonds is 6. The predicted octanol–water partition coefficient (Wildman–Crippen LogP) is 2.15. The normalized spacial score (nSPS) is 11.6. The van der Waals surface area contributed by atoms with E-state index in [9.17, 15) is 0 Å². The Labute approximate surface area is 113 Å². The molecule has 2 rings (SSSR count). The highest BCUT2D eigenvalue weighted by Gasteiger charge is 2.17. The zero-order valence-corrected chi connectivity index (χ0v) is 11.4. The summed E-state index contributed by atoms with van der Waals surface area (Å²) in [7, 11) is 0. The van der Waals surface area contributed by atoms with Crippen LogP contribution in [-0.2, 0) is 6.54 Å². The molecule has 0 atom stereocenters. The third kappa shape index (κ3) is 3.52. The number of pyridine rings is 1. The van der Waals surface area contributed by atoms with Crippen molar-refractivity contribution in [2.45, 2.75) is 33.2 Å². The highest BCUT2D eigenvalue weighted by Crippen LogP contribution is 2.20. The Kier molecular flexibility index (Phi) is 4.13. The Morgan fingerprint density at radius 3 is 3.00 bits per heavy atom. The number of aromatic nitrogens is 3. The summed E-state index contributed by atoms with van der Waals surface area (Å²) in [4.78, 5) is 0. The zero-order chi connectivity index (χ0) is 13.7. The molecule has 0 aliphatic rings. The van der Waals surface area contributed by atoms with Crippen LogP contribution in [0.15, 0.2) is 24.4 Å². The molecule has 0 unspecified atom stereocenters. The maximum Gasteiger partial charge on any atom is 0.160 e. The Hall–Kier alpha value is -1.93. The molecule has 0 saturated heterocycles. The van der Waals surface area contributed by atoms with Crippen LogP contribution in [0.1, 0.15) is 32.5 Å². The van der Waals surface area contributed by atoms with Gasteiger partial charge in [0.05, 0.1) is 12.6 Å². The van der Waals surface area contributed by atoms with E-state index in [1.165, 1.54) is 0 Å². The van der Waals surface area contributed by atoms with Crippen LogP contribution in [0.3, 0.4) is 0 Å². The van der Waals surface area contributed by atoms with E-state index in [0.29, 0.717) is 13.0 Å². The molecule has 0 aliphatic heterocycles. The highest BCUT2D eigenvalue weighted by atomic mass is 15.3. The van der Waals surface area contributed by atoms with E-state index >= 15 is 0 Å². The second-order valence-electron chi connectivity index (χ2n) is 5.47. The molecule has 0 radical (unpaired) electrons. The summed E-state index contributed by atoms with van der Waals surface area (Å²) in [6.45, 7) is 5.87. The van der Waals surface area contributed by atoms with E-state index < -0.39 is 0 Å². The van der Waals surface area contributed by atoms with E-state index in [1.54, 1.807) is 0 Å². The van der Waals surface area contributed by atoms with Crippen molar-refractivity contribution in [3.8, 4) is 6.07 Å². The summed E-state index contributed by atoms with van der Waals surface area (Å²) >= 11 is 0. The van der Waals surface area contributed by atoms with Crippen LogP contribution in [-0.4, -0.2) is 21.1 Å². The van der Waals surface area contributed by atoms with Crippen molar-refractivity contribution in [3.63, 3.8) is 0 Å². The third-order valence-corrected chi connectivity index (χ3v) is 3.18. The quantitative estimate of drug-likeness (QED) is 0.861. The first-order valence-electron chi connectivity index (χ1n) is 6.49. The van der Waals surface area contributed by atoms with Gasteiger partial charge in [0.1, 0.15) is 0 Å². The molecule has 100 valence electrons. The van der Waals surface area contributed by atoms with Gasteiger partial charge in [0.15, 0.2) is 11.5 Å². The molecule has 2 heterocycles. The fourth-order valence-electron chi connectivity index (χ4n) is 2.01. The van der Waals surface area contributed by atoms with Gasteiger partial charge in [0.25, 0.3) is 0 Å². The fraction of sp³-hybridized carbons (Fsp3) is 0.500. The molecule has 2 aromatic heterocycles. The van der Waals surface area contributed by atoms with Gasteiger partial charge in [-0.15, -0.1) is 10.2 Å². The van der Waals surface area contributed by atoms with Crippen molar-refractivity contribution < 1.29 is 0 Å². The van der Waals surface area contributed by atoms with Gasteiger partial charge in [-0.3, -0.25) is 4.40 Å². The minimum Gasteiger partial charge on any atom is -0.309 e. The van der Waals surface area contributed by atoms with E-state index in [0.717, 1.165) is 24.4 Å². The lowest BCUT2D eigenvalue weighted by atomic mass is 9.88. The maximum absolute atomic E-state index is 8.63. The Balaban J connectivity index is 1.91. The lowest BCUT2D eigenvalue weighted by Gasteiger charge is -2.23. The first kappa shape index (κ1) is 13.5. The standard InChI is InChI=1S/C14H19N5/c1-14(2,7-5-8-15)11-16-10-13-18-17-12-6-3-4-9-19(12)13/h3-4,6,9,16H,5,7,10-11H2,1-2H3. The topological polar surface area (TPSA) is 66.0 Å². The Morgan fingerprint density at radius 2 is 2.21 bits per heavy atom. The molecule has 1 N–H and O–H groups in total. The van der Waals surface area contributed by atoms with Crippen molar-refractivity contribution in [2.24, 2.45) is 5.41 Å². The molecular formula is C14H19N5. The number of hydrogen-bond donors (Lipinski definition) is 1. The van der Waals surface area contributed by atoms with E-state index in [2.05, 4.69) is 35.4 Å². The fourth-order valence-corrected chi connectivity index (χ4v) is 2.01. The molecule has 0 saturated carbocycles. The predicted molar refractivity (Wildman–Crippen MR) is 73.3 cm³/mol. The van der Waals surface area contributed by atoms with Crippen LogP contribution in [0.4, 0.5) is 0 Å². The highest BCUT2D eigenvalue weighted by molar-refractivity contribution is 5.36. The first-order chi connectivity index (χ1) is 9.12. The summed E-state index contributed by atoms with van der Waals surface area (Å²) in [6.07, 6.45) is 3.47. The van der Waals surface area contributed by atoms with Crippen LogP contribution in [0, 0.1) is 16.7 Å². The number of fused-ring (bicyclic) bond motifs is 1. The lowest BCUT2D eigenvalue weighted by Crippen LogP contribution is -2.29. The van der Waals surface area contributed by atoms with Gasteiger partial charge >= 0.3 is 0 Å². The molecule has 19 heavy (non-hydrogen) atoms. The summed E-state index contributed by atoms with van der Waals surface area (Å²) in [5.74, 6) is 0.909. The Bertz CT molecular complexity index is 579. The third-order valence-electron chi connectivity index (χ3n) is 3.18. The van der Waals surface area contributed by atoms with Crippen LogP contribution in [0.25, 0.3) is 5.65 Å². The van der Waals surface area contributed by atoms with E-state index in [4.69, 9.17) is 5.26 Å². The van der Waals surface area contributed by atoms with Crippen LogP contribution in [0.5, 0.6) is 0 Å². The molecule has 0 bridgehead atoms. The molecule has 0 aliphatic carbocycles. The van der Waals surface area contributed by atoms with Gasteiger partial charge < -0.3 is 5.32 Å². The molecule has 5 heteroatoms. The second-order valence-corrected chi connectivity index (χ2v) is 5.47. The van der Waals surface area contributed by atoms with Crippen molar-refractivity contribution in [1.82, 2.24) is 19.9 Å². The van der Waals surface area contributed by atoms with Crippen molar-refractivity contribution in [2.75, 3.05) is 6.54 Å². The largest absolute Gasteiger partial charge is 0.309 e. The lowest BCUT2D eigenvalue weighted by molar-refractivity contribution is 0.316. The van der Waals surface area contributed by atoms with Gasteiger partial charge in [-0.2, -0.15) is 5.26 Å². The summed E-state index contributed by atoms with van der Waals surface area (Å²) in [5.41, 5.74) is 0.985. The SMILES string of the molecule is CC(C)(CCC#N)CNCc1nnc2ccccn12. The number of nitrogens with one attached hydrogen (secondary N) is 1. The molecule has 0 spiro atoms. The van der Waals surface area contributed by atoms with E-state index in [-0.39, 0.29) is 5.41 Å². The molecular weight excluding hydrogens is 238 g/mol. The summed E-state index contributed by atoms with van der Waals surface area (Å²) < 4.78 is 1.98. The van der Waals surface area contributed by atoms with E-state index in [1.807, 2.05) is 28.8 Å². The molecule has 5 nitrogen and oxygen atoms in total. The minimum atomic E-state index is 0.121. The number of nitrogens with zero attached hydrogens (tertiary/aromatic N) is 4. The second kappa shape index (κ2) is 5.81. The zero-order valence-electron chi connectivity index (χ0n) is 11.4. The van der Waals surface area contributed by atoms with Crippen molar-refractivity contribution >= 4 is 5.65 Å². The average molecular weight is 257 g/mol. The monoisotopic (exact) mass is 257 g/mol. The van der Waals surface area contributed by atoms with Gasteiger partial charge in [-0.1, -0.05) is 19.9 Å². The van der Waals surface area contributed by atoms with Crippen LogP contribution >= 0.6 is 0 Å².